The molecule has 0 fully saturated rings. The Morgan fingerprint density at radius 2 is 2.25 bits per heavy atom. The fourth-order valence-electron chi connectivity index (χ4n) is 1.87. The number of carbonyl (C=O) groups excluding carboxylic acids is 1. The maximum Gasteiger partial charge on any atom is 0.258 e. The zero-order chi connectivity index (χ0) is 14.4. The van der Waals surface area contributed by atoms with Crippen LogP contribution in [0.5, 0.6) is 5.75 Å². The molecule has 5 nitrogen and oxygen atoms in total. The molecule has 20 heavy (non-hydrogen) atoms. The van der Waals surface area contributed by atoms with Crippen LogP contribution in [0.2, 0.25) is 0 Å². The largest absolute Gasteiger partial charge is 0.507 e. The van der Waals surface area contributed by atoms with Gasteiger partial charge in [0, 0.05) is 25.5 Å². The molecular formula is C14H16FN3O2. The van der Waals surface area contributed by atoms with E-state index in [2.05, 4.69) is 10.3 Å². The van der Waals surface area contributed by atoms with Gasteiger partial charge in [0.1, 0.15) is 17.1 Å². The van der Waals surface area contributed by atoms with Crippen LogP contribution in [-0.4, -0.2) is 27.1 Å². The number of carbonyl (C=O) groups is 1. The van der Waals surface area contributed by atoms with E-state index in [0.29, 0.717) is 6.54 Å². The second-order valence-electron chi connectivity index (χ2n) is 4.40. The topological polar surface area (TPSA) is 67.2 Å². The molecular weight excluding hydrogens is 261 g/mol. The number of nitrogens with one attached hydrogen (secondary N) is 1. The molecule has 0 saturated carbocycles. The third-order valence-electron chi connectivity index (χ3n) is 2.91. The van der Waals surface area contributed by atoms with Crippen molar-refractivity contribution in [1.82, 2.24) is 14.9 Å². The quantitative estimate of drug-likeness (QED) is 0.793. The van der Waals surface area contributed by atoms with Gasteiger partial charge in [-0.2, -0.15) is 0 Å². The number of phenolic OH excluding ortho intramolecular Hbond substituents is 1. The number of rotatable bonds is 6. The Labute approximate surface area is 116 Å². The summed E-state index contributed by atoms with van der Waals surface area (Å²) in [5, 5.41) is 12.1. The van der Waals surface area contributed by atoms with Crippen LogP contribution in [0.25, 0.3) is 0 Å². The van der Waals surface area contributed by atoms with Gasteiger partial charge in [-0.25, -0.2) is 9.37 Å². The molecule has 0 saturated heterocycles. The van der Waals surface area contributed by atoms with Gasteiger partial charge in [0.25, 0.3) is 5.91 Å². The van der Waals surface area contributed by atoms with E-state index in [-0.39, 0.29) is 11.3 Å². The van der Waals surface area contributed by atoms with E-state index >= 15 is 0 Å². The molecule has 106 valence electrons. The van der Waals surface area contributed by atoms with Crippen LogP contribution in [0, 0.1) is 5.82 Å². The normalized spacial score (nSPS) is 10.4. The molecule has 2 aromatic rings. The summed E-state index contributed by atoms with van der Waals surface area (Å²) in [4.78, 5) is 15.7. The molecule has 0 spiro atoms. The van der Waals surface area contributed by atoms with Gasteiger partial charge in [-0.3, -0.25) is 4.79 Å². The minimum atomic E-state index is -0.721. The van der Waals surface area contributed by atoms with Crippen molar-refractivity contribution in [3.8, 4) is 5.75 Å². The Morgan fingerprint density at radius 3 is 2.95 bits per heavy atom. The van der Waals surface area contributed by atoms with E-state index in [1.54, 1.807) is 12.5 Å². The van der Waals surface area contributed by atoms with E-state index in [1.165, 1.54) is 12.1 Å². The Balaban J connectivity index is 1.75. The third kappa shape index (κ3) is 3.57. The molecule has 2 N–H and O–H groups in total. The summed E-state index contributed by atoms with van der Waals surface area (Å²) in [6.45, 7) is 1.25. The molecule has 1 aromatic heterocycles. The van der Waals surface area contributed by atoms with Crippen molar-refractivity contribution in [2.75, 3.05) is 6.54 Å². The summed E-state index contributed by atoms with van der Waals surface area (Å²) in [5.41, 5.74) is -0.304. The minimum Gasteiger partial charge on any atom is -0.507 e. The molecule has 6 heteroatoms. The Kier molecular flexibility index (Phi) is 4.70. The van der Waals surface area contributed by atoms with Crippen LogP contribution < -0.4 is 5.32 Å². The van der Waals surface area contributed by atoms with Gasteiger partial charge >= 0.3 is 0 Å². The average Bonchev–Trinajstić information content (AvgIpc) is 2.91. The van der Waals surface area contributed by atoms with Crippen molar-refractivity contribution in [2.45, 2.75) is 19.4 Å². The lowest BCUT2D eigenvalue weighted by atomic mass is 10.1. The third-order valence-corrected chi connectivity index (χ3v) is 2.91. The predicted molar refractivity (Wildman–Crippen MR) is 71.9 cm³/mol. The highest BCUT2D eigenvalue weighted by atomic mass is 19.1. The number of aromatic hydroxyl groups is 1. The zero-order valence-corrected chi connectivity index (χ0v) is 10.9. The fraction of sp³-hybridized carbons (Fsp3) is 0.286. The number of aryl methyl sites for hydroxylation is 1. The number of unbranched alkanes of at least 4 members (excludes halogenated alkanes) is 1. The Hall–Kier alpha value is -2.37. The second-order valence-corrected chi connectivity index (χ2v) is 4.40. The summed E-state index contributed by atoms with van der Waals surface area (Å²) in [7, 11) is 0. The van der Waals surface area contributed by atoms with Gasteiger partial charge in [-0.1, -0.05) is 6.07 Å². The van der Waals surface area contributed by atoms with E-state index in [9.17, 15) is 14.3 Å². The van der Waals surface area contributed by atoms with Crippen LogP contribution in [0.1, 0.15) is 23.2 Å². The highest BCUT2D eigenvalue weighted by molar-refractivity contribution is 5.97. The molecule has 0 atom stereocenters. The first-order valence-corrected chi connectivity index (χ1v) is 6.40. The van der Waals surface area contributed by atoms with Crippen LogP contribution in [-0.2, 0) is 6.54 Å². The number of hydrogen-bond donors (Lipinski definition) is 2. The molecule has 0 aliphatic carbocycles. The molecule has 1 amide bonds. The van der Waals surface area contributed by atoms with Crippen molar-refractivity contribution >= 4 is 5.91 Å². The number of amides is 1. The summed E-state index contributed by atoms with van der Waals surface area (Å²) < 4.78 is 15.4. The standard InChI is InChI=1S/C14H16FN3O2/c15-11-4-3-5-12(19)13(11)14(20)17-6-1-2-8-18-9-7-16-10-18/h3-5,7,9-10,19H,1-2,6,8H2,(H,17,20). The lowest BCUT2D eigenvalue weighted by Crippen LogP contribution is -2.25. The van der Waals surface area contributed by atoms with Crippen LogP contribution >= 0.6 is 0 Å². The number of phenols is 1. The number of benzene rings is 1. The monoisotopic (exact) mass is 277 g/mol. The first-order valence-electron chi connectivity index (χ1n) is 6.40. The van der Waals surface area contributed by atoms with Crippen molar-refractivity contribution in [3.63, 3.8) is 0 Å². The molecule has 1 heterocycles. The molecule has 0 aliphatic rings. The van der Waals surface area contributed by atoms with Gasteiger partial charge in [-0.05, 0) is 25.0 Å². The molecule has 0 bridgehead atoms. The van der Waals surface area contributed by atoms with Crippen molar-refractivity contribution in [2.24, 2.45) is 0 Å². The van der Waals surface area contributed by atoms with E-state index in [4.69, 9.17) is 0 Å². The van der Waals surface area contributed by atoms with Gasteiger partial charge in [0.15, 0.2) is 0 Å². The van der Waals surface area contributed by atoms with Gasteiger partial charge < -0.3 is 15.0 Å². The van der Waals surface area contributed by atoms with Crippen LogP contribution in [0.3, 0.4) is 0 Å². The summed E-state index contributed by atoms with van der Waals surface area (Å²) in [6, 6.07) is 3.79. The lowest BCUT2D eigenvalue weighted by molar-refractivity contribution is 0.0946. The van der Waals surface area contributed by atoms with Crippen molar-refractivity contribution in [1.29, 1.82) is 0 Å². The number of aromatic nitrogens is 2. The molecule has 0 aliphatic heterocycles. The summed E-state index contributed by atoms with van der Waals surface area (Å²) >= 11 is 0. The SMILES string of the molecule is O=C(NCCCCn1ccnc1)c1c(O)cccc1F. The molecule has 1 aromatic carbocycles. The van der Waals surface area contributed by atoms with Crippen LogP contribution in [0.4, 0.5) is 4.39 Å². The second kappa shape index (κ2) is 6.70. The molecule has 0 unspecified atom stereocenters. The fourth-order valence-corrected chi connectivity index (χ4v) is 1.87. The van der Waals surface area contributed by atoms with E-state index < -0.39 is 11.7 Å². The number of hydrogen-bond acceptors (Lipinski definition) is 3. The number of nitrogens with zero attached hydrogens (tertiary/aromatic N) is 2. The summed E-state index contributed by atoms with van der Waals surface area (Å²) in [5.74, 6) is -1.66. The smallest absolute Gasteiger partial charge is 0.258 e. The summed E-state index contributed by atoms with van der Waals surface area (Å²) in [6.07, 6.45) is 6.95. The first kappa shape index (κ1) is 14.0. The highest BCUT2D eigenvalue weighted by Crippen LogP contribution is 2.19. The van der Waals surface area contributed by atoms with Gasteiger partial charge in [-0.15, -0.1) is 0 Å². The average molecular weight is 277 g/mol. The number of imidazole rings is 1. The number of halogens is 1. The van der Waals surface area contributed by atoms with Crippen molar-refractivity contribution in [3.05, 3.63) is 48.3 Å². The Bertz CT molecular complexity index is 550. The zero-order valence-electron chi connectivity index (χ0n) is 10.9. The maximum atomic E-state index is 13.4. The lowest BCUT2D eigenvalue weighted by Gasteiger charge is -2.07. The molecule has 2 rings (SSSR count). The van der Waals surface area contributed by atoms with Crippen molar-refractivity contribution < 1.29 is 14.3 Å². The Morgan fingerprint density at radius 1 is 1.40 bits per heavy atom. The van der Waals surface area contributed by atoms with Crippen LogP contribution in [0.15, 0.2) is 36.9 Å². The van der Waals surface area contributed by atoms with Gasteiger partial charge in [0.2, 0.25) is 0 Å². The minimum absolute atomic E-state index is 0.304. The first-order chi connectivity index (χ1) is 9.68. The highest BCUT2D eigenvalue weighted by Gasteiger charge is 2.15. The van der Waals surface area contributed by atoms with E-state index in [1.807, 2.05) is 10.8 Å². The molecule has 0 radical (unpaired) electrons. The predicted octanol–water partition coefficient (Wildman–Crippen LogP) is 1.94. The van der Waals surface area contributed by atoms with E-state index in [0.717, 1.165) is 25.5 Å². The van der Waals surface area contributed by atoms with Gasteiger partial charge in [0.05, 0.1) is 6.33 Å². The maximum absolute atomic E-state index is 13.4.